The normalized spacial score (nSPS) is 10.5. The second-order valence-electron chi connectivity index (χ2n) is 5.98. The molecule has 8 heteroatoms. The van der Waals surface area contributed by atoms with E-state index in [1.165, 1.54) is 6.20 Å². The van der Waals surface area contributed by atoms with Crippen LogP contribution in [-0.2, 0) is 11.2 Å². The summed E-state index contributed by atoms with van der Waals surface area (Å²) in [5, 5.41) is 2.68. The number of aryl methyl sites for hydroxylation is 1. The molecule has 0 saturated heterocycles. The van der Waals surface area contributed by atoms with Crippen molar-refractivity contribution < 1.29 is 14.3 Å². The number of anilines is 2. The highest BCUT2D eigenvalue weighted by Crippen LogP contribution is 2.17. The van der Waals surface area contributed by atoms with Gasteiger partial charge in [0.2, 0.25) is 0 Å². The molecule has 26 heavy (non-hydrogen) atoms. The summed E-state index contributed by atoms with van der Waals surface area (Å²) >= 11 is 0. The first-order valence-electron chi connectivity index (χ1n) is 8.67. The van der Waals surface area contributed by atoms with Crippen molar-refractivity contribution >= 4 is 23.5 Å². The molecule has 0 aromatic carbocycles. The average molecular weight is 359 g/mol. The molecule has 0 saturated carbocycles. The third-order valence-corrected chi connectivity index (χ3v) is 3.70. The van der Waals surface area contributed by atoms with Crippen LogP contribution in [0.2, 0.25) is 0 Å². The molecule has 0 aliphatic rings. The van der Waals surface area contributed by atoms with Gasteiger partial charge in [0.15, 0.2) is 11.5 Å². The van der Waals surface area contributed by atoms with Gasteiger partial charge in [-0.05, 0) is 25.5 Å². The predicted molar refractivity (Wildman–Crippen MR) is 99.7 cm³/mol. The maximum Gasteiger partial charge on any atom is 0.358 e. The van der Waals surface area contributed by atoms with Gasteiger partial charge in [0, 0.05) is 26.7 Å². The van der Waals surface area contributed by atoms with Crippen LogP contribution >= 0.6 is 0 Å². The van der Waals surface area contributed by atoms with Crippen LogP contribution in [0.15, 0.2) is 18.3 Å². The van der Waals surface area contributed by atoms with E-state index in [1.807, 2.05) is 19.0 Å². The highest BCUT2D eigenvalue weighted by molar-refractivity contribution is 6.06. The number of H-pyrrole nitrogens is 1. The number of carbonyl (C=O) groups is 2. The minimum Gasteiger partial charge on any atom is -0.461 e. The number of aromatic nitrogens is 3. The standard InChI is InChI=1S/C18H25N5O3/c1-5-7-8-13-20-15(18(25)26-6-2)16(21-13)22-17(24)12-9-10-14(19-11-12)23(3)4/h9-11H,5-8H2,1-4H3,(H,20,21)(H,22,24). The second-order valence-corrected chi connectivity index (χ2v) is 5.98. The quantitative estimate of drug-likeness (QED) is 0.703. The number of carbonyl (C=O) groups excluding carboxylic acids is 2. The summed E-state index contributed by atoms with van der Waals surface area (Å²) in [5.74, 6) is 0.638. The minimum atomic E-state index is -0.542. The van der Waals surface area contributed by atoms with Gasteiger partial charge in [0.25, 0.3) is 5.91 Å². The number of nitrogens with one attached hydrogen (secondary N) is 2. The van der Waals surface area contributed by atoms with Crippen LogP contribution in [0.4, 0.5) is 11.6 Å². The summed E-state index contributed by atoms with van der Waals surface area (Å²) in [5.41, 5.74) is 0.535. The van der Waals surface area contributed by atoms with Gasteiger partial charge in [-0.1, -0.05) is 13.3 Å². The Kier molecular flexibility index (Phi) is 6.71. The maximum absolute atomic E-state index is 12.5. The maximum atomic E-state index is 12.5. The van der Waals surface area contributed by atoms with E-state index in [-0.39, 0.29) is 24.0 Å². The fourth-order valence-corrected chi connectivity index (χ4v) is 2.29. The van der Waals surface area contributed by atoms with Crippen LogP contribution in [0.3, 0.4) is 0 Å². The number of hydrogen-bond acceptors (Lipinski definition) is 6. The van der Waals surface area contributed by atoms with Gasteiger partial charge in [0.05, 0.1) is 12.2 Å². The van der Waals surface area contributed by atoms with Gasteiger partial charge >= 0.3 is 5.97 Å². The Balaban J connectivity index is 2.21. The molecule has 2 heterocycles. The van der Waals surface area contributed by atoms with Gasteiger partial charge in [-0.25, -0.2) is 14.8 Å². The molecule has 140 valence electrons. The van der Waals surface area contributed by atoms with Crippen LogP contribution in [0.1, 0.15) is 53.4 Å². The number of rotatable bonds is 8. The molecule has 2 aromatic rings. The molecule has 0 unspecified atom stereocenters. The van der Waals surface area contributed by atoms with Crippen LogP contribution in [0.25, 0.3) is 0 Å². The first kappa shape index (κ1) is 19.4. The van der Waals surface area contributed by atoms with E-state index in [9.17, 15) is 9.59 Å². The van der Waals surface area contributed by atoms with E-state index in [4.69, 9.17) is 4.74 Å². The lowest BCUT2D eigenvalue weighted by Crippen LogP contribution is -2.17. The SMILES string of the molecule is CCCCc1nc(NC(=O)c2ccc(N(C)C)nc2)c(C(=O)OCC)[nH]1. The summed E-state index contributed by atoms with van der Waals surface area (Å²) in [4.78, 5) is 38.0. The predicted octanol–water partition coefficient (Wildman–Crippen LogP) is 2.64. The number of esters is 1. The molecule has 2 aromatic heterocycles. The molecule has 0 fully saturated rings. The first-order chi connectivity index (χ1) is 12.5. The van der Waals surface area contributed by atoms with Crippen molar-refractivity contribution in [2.75, 3.05) is 30.9 Å². The number of ether oxygens (including phenoxy) is 1. The number of pyridine rings is 1. The molecule has 0 aliphatic heterocycles. The highest BCUT2D eigenvalue weighted by Gasteiger charge is 2.21. The van der Waals surface area contributed by atoms with E-state index >= 15 is 0 Å². The molecule has 0 spiro atoms. The molecular weight excluding hydrogens is 334 g/mol. The van der Waals surface area contributed by atoms with E-state index in [0.29, 0.717) is 17.8 Å². The average Bonchev–Trinajstić information content (AvgIpc) is 3.03. The highest BCUT2D eigenvalue weighted by atomic mass is 16.5. The zero-order valence-electron chi connectivity index (χ0n) is 15.6. The Morgan fingerprint density at radius 3 is 2.62 bits per heavy atom. The molecular formula is C18H25N5O3. The summed E-state index contributed by atoms with van der Waals surface area (Å²) in [7, 11) is 3.74. The van der Waals surface area contributed by atoms with Gasteiger partial charge < -0.3 is 19.9 Å². The van der Waals surface area contributed by atoms with Gasteiger partial charge in [-0.2, -0.15) is 0 Å². The molecule has 2 N–H and O–H groups in total. The monoisotopic (exact) mass is 359 g/mol. The summed E-state index contributed by atoms with van der Waals surface area (Å²) in [6, 6.07) is 3.42. The van der Waals surface area contributed by atoms with Gasteiger partial charge in [-0.3, -0.25) is 4.79 Å². The van der Waals surface area contributed by atoms with Crippen molar-refractivity contribution in [2.45, 2.75) is 33.1 Å². The Bertz CT molecular complexity index is 753. The Morgan fingerprint density at radius 2 is 2.04 bits per heavy atom. The molecule has 0 aliphatic carbocycles. The third kappa shape index (κ3) is 4.81. The van der Waals surface area contributed by atoms with Crippen molar-refractivity contribution in [3.05, 3.63) is 35.4 Å². The zero-order chi connectivity index (χ0) is 19.1. The van der Waals surface area contributed by atoms with Gasteiger partial charge in [-0.15, -0.1) is 0 Å². The smallest absolute Gasteiger partial charge is 0.358 e. The third-order valence-electron chi connectivity index (χ3n) is 3.70. The summed E-state index contributed by atoms with van der Waals surface area (Å²) in [6.07, 6.45) is 4.11. The van der Waals surface area contributed by atoms with Crippen LogP contribution in [0, 0.1) is 0 Å². The largest absolute Gasteiger partial charge is 0.461 e. The fraction of sp³-hybridized carbons (Fsp3) is 0.444. The molecule has 8 nitrogen and oxygen atoms in total. The summed E-state index contributed by atoms with van der Waals surface area (Å²) < 4.78 is 5.04. The number of unbranched alkanes of at least 4 members (excludes halogenated alkanes) is 1. The zero-order valence-corrected chi connectivity index (χ0v) is 15.6. The molecule has 0 bridgehead atoms. The number of hydrogen-bond donors (Lipinski definition) is 2. The van der Waals surface area contributed by atoms with Crippen molar-refractivity contribution in [3.8, 4) is 0 Å². The van der Waals surface area contributed by atoms with Crippen molar-refractivity contribution in [3.63, 3.8) is 0 Å². The Morgan fingerprint density at radius 1 is 1.27 bits per heavy atom. The number of amides is 1. The molecule has 2 rings (SSSR count). The van der Waals surface area contributed by atoms with Crippen molar-refractivity contribution in [1.29, 1.82) is 0 Å². The molecule has 1 amide bonds. The van der Waals surface area contributed by atoms with E-state index < -0.39 is 5.97 Å². The summed E-state index contributed by atoms with van der Waals surface area (Å²) in [6.45, 7) is 4.04. The first-order valence-corrected chi connectivity index (χ1v) is 8.67. The van der Waals surface area contributed by atoms with E-state index in [2.05, 4.69) is 27.2 Å². The Labute approximate surface area is 153 Å². The fourth-order valence-electron chi connectivity index (χ4n) is 2.29. The van der Waals surface area contributed by atoms with Crippen LogP contribution in [0.5, 0.6) is 0 Å². The second kappa shape index (κ2) is 8.98. The van der Waals surface area contributed by atoms with Crippen molar-refractivity contribution in [1.82, 2.24) is 15.0 Å². The van der Waals surface area contributed by atoms with Gasteiger partial charge in [0.1, 0.15) is 11.6 Å². The lowest BCUT2D eigenvalue weighted by Gasteiger charge is -2.11. The van der Waals surface area contributed by atoms with Crippen LogP contribution < -0.4 is 10.2 Å². The molecule has 0 atom stereocenters. The lowest BCUT2D eigenvalue weighted by atomic mass is 10.2. The topological polar surface area (TPSA) is 100 Å². The Hall–Kier alpha value is -2.90. The van der Waals surface area contributed by atoms with Crippen molar-refractivity contribution in [2.24, 2.45) is 0 Å². The number of aromatic amines is 1. The van der Waals surface area contributed by atoms with E-state index in [1.54, 1.807) is 19.1 Å². The van der Waals surface area contributed by atoms with Crippen LogP contribution in [-0.4, -0.2) is 47.5 Å². The lowest BCUT2D eigenvalue weighted by molar-refractivity contribution is 0.0521. The van der Waals surface area contributed by atoms with E-state index in [0.717, 1.165) is 18.7 Å². The molecule has 0 radical (unpaired) electrons. The number of nitrogens with zero attached hydrogens (tertiary/aromatic N) is 3. The number of imidazole rings is 1. The minimum absolute atomic E-state index is 0.157.